The number of carbonyl (C=O) groups excluding carboxylic acids is 1. The Bertz CT molecular complexity index is 554. The Balaban J connectivity index is 2.87. The second-order valence-electron chi connectivity index (χ2n) is 2.91. The summed E-state index contributed by atoms with van der Waals surface area (Å²) in [6.45, 7) is 0. The van der Waals surface area contributed by atoms with E-state index in [1.165, 1.54) is 12.1 Å². The van der Waals surface area contributed by atoms with Crippen molar-refractivity contribution in [2.75, 3.05) is 0 Å². The molecule has 1 aromatic carbocycles. The molecule has 2 aromatic rings. The molecule has 1 aromatic heterocycles. The van der Waals surface area contributed by atoms with Crippen LogP contribution in [0.1, 0.15) is 10.5 Å². The van der Waals surface area contributed by atoms with Gasteiger partial charge in [0.1, 0.15) is 11.2 Å². The topological polar surface area (TPSA) is 30.0 Å². The van der Waals surface area contributed by atoms with Gasteiger partial charge in [-0.25, -0.2) is 18.2 Å². The molecular formula is C10H4F3NO. The van der Waals surface area contributed by atoms with Gasteiger partial charge in [-0.1, -0.05) is 6.07 Å². The molecule has 2 rings (SSSR count). The Labute approximate surface area is 82.4 Å². The number of hydrogen-bond acceptors (Lipinski definition) is 2. The molecule has 76 valence electrons. The number of nitrogens with zero attached hydrogens (tertiary/aromatic N) is 1. The Morgan fingerprint density at radius 1 is 1.13 bits per heavy atom. The highest BCUT2D eigenvalue weighted by atomic mass is 19.2. The third kappa shape index (κ3) is 1.45. The fourth-order valence-electron chi connectivity index (χ4n) is 1.25. The molecule has 0 aliphatic rings. The fraction of sp³-hybridized carbons (Fsp3) is 0. The van der Waals surface area contributed by atoms with Gasteiger partial charge in [-0.15, -0.1) is 0 Å². The van der Waals surface area contributed by atoms with E-state index in [1.54, 1.807) is 0 Å². The van der Waals surface area contributed by atoms with Gasteiger partial charge in [-0.3, -0.25) is 4.79 Å². The summed E-state index contributed by atoms with van der Waals surface area (Å²) in [5, 5.41) is 0.108. The van der Waals surface area contributed by atoms with Crippen LogP contribution in [0.15, 0.2) is 18.2 Å². The Hall–Kier alpha value is -1.91. The van der Waals surface area contributed by atoms with Crippen molar-refractivity contribution in [3.05, 3.63) is 41.3 Å². The second-order valence-corrected chi connectivity index (χ2v) is 2.91. The van der Waals surface area contributed by atoms with Gasteiger partial charge in [0, 0.05) is 5.39 Å². The Morgan fingerprint density at radius 3 is 2.53 bits per heavy atom. The molecular weight excluding hydrogens is 207 g/mol. The zero-order valence-electron chi connectivity index (χ0n) is 7.30. The Kier molecular flexibility index (Phi) is 2.15. The molecule has 1 heterocycles. The molecule has 0 saturated heterocycles. The number of hydrogen-bond donors (Lipinski definition) is 0. The molecule has 0 bridgehead atoms. The van der Waals surface area contributed by atoms with E-state index in [1.807, 2.05) is 0 Å². The molecule has 0 fully saturated rings. The first kappa shape index (κ1) is 9.64. The number of benzene rings is 1. The summed E-state index contributed by atoms with van der Waals surface area (Å²) in [5.41, 5.74) is -0.383. The minimum Gasteiger partial charge on any atom is -0.296 e. The number of aldehydes is 1. The fourth-order valence-corrected chi connectivity index (χ4v) is 1.25. The smallest absolute Gasteiger partial charge is 0.196 e. The summed E-state index contributed by atoms with van der Waals surface area (Å²) >= 11 is 0. The maximum Gasteiger partial charge on any atom is 0.196 e. The lowest BCUT2D eigenvalue weighted by molar-refractivity contribution is 0.111. The third-order valence-corrected chi connectivity index (χ3v) is 1.96. The van der Waals surface area contributed by atoms with Crippen LogP contribution in [0, 0.1) is 17.5 Å². The van der Waals surface area contributed by atoms with E-state index in [9.17, 15) is 18.0 Å². The van der Waals surface area contributed by atoms with Crippen molar-refractivity contribution in [1.29, 1.82) is 0 Å². The number of rotatable bonds is 1. The van der Waals surface area contributed by atoms with E-state index in [4.69, 9.17) is 0 Å². The van der Waals surface area contributed by atoms with Gasteiger partial charge in [0.05, 0.1) is 0 Å². The van der Waals surface area contributed by atoms with Crippen molar-refractivity contribution >= 4 is 17.2 Å². The quantitative estimate of drug-likeness (QED) is 0.535. The van der Waals surface area contributed by atoms with Crippen molar-refractivity contribution in [3.8, 4) is 0 Å². The lowest BCUT2D eigenvalue weighted by atomic mass is 10.2. The van der Waals surface area contributed by atoms with Gasteiger partial charge < -0.3 is 0 Å². The summed E-state index contributed by atoms with van der Waals surface area (Å²) in [5.74, 6) is -4.24. The molecule has 15 heavy (non-hydrogen) atoms. The highest BCUT2D eigenvalue weighted by Crippen LogP contribution is 2.21. The molecule has 0 atom stereocenters. The SMILES string of the molecule is O=Cc1ccc2cc(F)c(F)c(F)c2n1. The molecule has 0 N–H and O–H groups in total. The summed E-state index contributed by atoms with van der Waals surface area (Å²) in [6.07, 6.45) is 0.403. The van der Waals surface area contributed by atoms with Crippen LogP contribution in [-0.4, -0.2) is 11.3 Å². The van der Waals surface area contributed by atoms with Gasteiger partial charge in [-0.2, -0.15) is 0 Å². The first-order valence-electron chi connectivity index (χ1n) is 4.03. The molecule has 0 aliphatic carbocycles. The standard InChI is InChI=1S/C10H4F3NO/c11-7-3-5-1-2-6(4-15)14-10(5)9(13)8(7)12/h1-4H. The average Bonchev–Trinajstić information content (AvgIpc) is 2.26. The summed E-state index contributed by atoms with van der Waals surface area (Å²) in [7, 11) is 0. The van der Waals surface area contributed by atoms with Crippen LogP contribution in [0.2, 0.25) is 0 Å². The van der Waals surface area contributed by atoms with Crippen molar-refractivity contribution in [2.24, 2.45) is 0 Å². The number of halogens is 3. The molecule has 0 radical (unpaired) electrons. The van der Waals surface area contributed by atoms with E-state index in [0.717, 1.165) is 6.07 Å². The second kappa shape index (κ2) is 3.34. The van der Waals surface area contributed by atoms with Gasteiger partial charge in [-0.05, 0) is 12.1 Å². The lowest BCUT2D eigenvalue weighted by Crippen LogP contribution is -1.96. The summed E-state index contributed by atoms with van der Waals surface area (Å²) < 4.78 is 38.8. The van der Waals surface area contributed by atoms with Crippen LogP contribution in [0.4, 0.5) is 13.2 Å². The largest absolute Gasteiger partial charge is 0.296 e. The minimum absolute atomic E-state index is 0.0348. The van der Waals surface area contributed by atoms with Gasteiger partial charge in [0.25, 0.3) is 0 Å². The molecule has 0 spiro atoms. The maximum absolute atomic E-state index is 13.2. The summed E-state index contributed by atoms with van der Waals surface area (Å²) in [4.78, 5) is 13.9. The monoisotopic (exact) mass is 211 g/mol. The first-order valence-corrected chi connectivity index (χ1v) is 4.03. The van der Waals surface area contributed by atoms with Crippen LogP contribution < -0.4 is 0 Å². The van der Waals surface area contributed by atoms with E-state index < -0.39 is 17.5 Å². The van der Waals surface area contributed by atoms with Crippen LogP contribution >= 0.6 is 0 Å². The van der Waals surface area contributed by atoms with E-state index in [2.05, 4.69) is 4.98 Å². The third-order valence-electron chi connectivity index (χ3n) is 1.96. The predicted octanol–water partition coefficient (Wildman–Crippen LogP) is 2.46. The zero-order valence-corrected chi connectivity index (χ0v) is 7.30. The highest BCUT2D eigenvalue weighted by Gasteiger charge is 2.14. The van der Waals surface area contributed by atoms with Crippen LogP contribution in [-0.2, 0) is 0 Å². The zero-order chi connectivity index (χ0) is 11.0. The van der Waals surface area contributed by atoms with Crippen molar-refractivity contribution < 1.29 is 18.0 Å². The highest BCUT2D eigenvalue weighted by molar-refractivity contribution is 5.83. The van der Waals surface area contributed by atoms with Gasteiger partial charge in [0.2, 0.25) is 0 Å². The lowest BCUT2D eigenvalue weighted by Gasteiger charge is -2.01. The number of fused-ring (bicyclic) bond motifs is 1. The normalized spacial score (nSPS) is 10.6. The predicted molar refractivity (Wildman–Crippen MR) is 47.0 cm³/mol. The van der Waals surface area contributed by atoms with Crippen molar-refractivity contribution in [3.63, 3.8) is 0 Å². The van der Waals surface area contributed by atoms with Crippen molar-refractivity contribution in [1.82, 2.24) is 4.98 Å². The number of aromatic nitrogens is 1. The maximum atomic E-state index is 13.2. The van der Waals surface area contributed by atoms with Gasteiger partial charge in [0.15, 0.2) is 23.7 Å². The van der Waals surface area contributed by atoms with Crippen LogP contribution in [0.5, 0.6) is 0 Å². The minimum atomic E-state index is -1.59. The van der Waals surface area contributed by atoms with E-state index in [0.29, 0.717) is 6.29 Å². The average molecular weight is 211 g/mol. The first-order chi connectivity index (χ1) is 7.13. The molecule has 0 amide bonds. The molecule has 0 unspecified atom stereocenters. The molecule has 0 aliphatic heterocycles. The van der Waals surface area contributed by atoms with Gasteiger partial charge >= 0.3 is 0 Å². The van der Waals surface area contributed by atoms with E-state index >= 15 is 0 Å². The van der Waals surface area contributed by atoms with Crippen LogP contribution in [0.3, 0.4) is 0 Å². The number of pyridine rings is 1. The Morgan fingerprint density at radius 2 is 1.87 bits per heavy atom. The van der Waals surface area contributed by atoms with Crippen LogP contribution in [0.25, 0.3) is 10.9 Å². The summed E-state index contributed by atoms with van der Waals surface area (Å²) in [6, 6.07) is 3.43. The van der Waals surface area contributed by atoms with E-state index in [-0.39, 0.29) is 16.6 Å². The molecule has 0 saturated carbocycles. The molecule has 2 nitrogen and oxygen atoms in total. The van der Waals surface area contributed by atoms with Crippen molar-refractivity contribution in [2.45, 2.75) is 0 Å². The molecule has 5 heteroatoms. The number of carbonyl (C=O) groups is 1.